The van der Waals surface area contributed by atoms with Crippen molar-refractivity contribution < 1.29 is 33.0 Å². The summed E-state index contributed by atoms with van der Waals surface area (Å²) in [4.78, 5) is 25.9. The number of hydrogen-bond acceptors (Lipinski definition) is 5. The Hall–Kier alpha value is -4.31. The molecule has 0 saturated carbocycles. The van der Waals surface area contributed by atoms with E-state index in [0.717, 1.165) is 17.0 Å². The van der Waals surface area contributed by atoms with E-state index in [4.69, 9.17) is 20.6 Å². The third-order valence-corrected chi connectivity index (χ3v) is 5.16. The number of carboxylic acid groups (broad SMARTS) is 1. The molecule has 36 heavy (non-hydrogen) atoms. The van der Waals surface area contributed by atoms with Crippen molar-refractivity contribution in [1.82, 2.24) is 4.90 Å². The van der Waals surface area contributed by atoms with Crippen LogP contribution in [0.3, 0.4) is 0 Å². The largest absolute Gasteiger partial charge is 0.480 e. The number of amidine groups is 1. The van der Waals surface area contributed by atoms with Gasteiger partial charge in [-0.1, -0.05) is 42.5 Å². The number of carboxylic acids is 1. The molecule has 1 amide bonds. The molecule has 0 fully saturated rings. The van der Waals surface area contributed by atoms with Crippen LogP contribution in [0.4, 0.5) is 8.78 Å². The van der Waals surface area contributed by atoms with Gasteiger partial charge >= 0.3 is 5.97 Å². The molecule has 3 aromatic rings. The van der Waals surface area contributed by atoms with E-state index >= 15 is 4.39 Å². The van der Waals surface area contributed by atoms with Gasteiger partial charge in [-0.15, -0.1) is 0 Å². The lowest BCUT2D eigenvalue weighted by Crippen LogP contribution is -2.39. The molecular formula is C26H25F2N3O5. The average Bonchev–Trinajstić information content (AvgIpc) is 2.85. The second kappa shape index (κ2) is 11.9. The van der Waals surface area contributed by atoms with Gasteiger partial charge in [-0.05, 0) is 36.8 Å². The Balaban J connectivity index is 1.96. The number of carbonyl (C=O) groups is 2. The molecule has 0 aromatic heterocycles. The van der Waals surface area contributed by atoms with E-state index in [2.05, 4.69) is 0 Å². The molecule has 0 saturated heterocycles. The van der Waals surface area contributed by atoms with Crippen molar-refractivity contribution in [3.05, 3.63) is 95.1 Å². The van der Waals surface area contributed by atoms with E-state index < -0.39 is 41.7 Å². The lowest BCUT2D eigenvalue weighted by atomic mass is 10.0. The Morgan fingerprint density at radius 2 is 1.72 bits per heavy atom. The Morgan fingerprint density at radius 1 is 1.06 bits per heavy atom. The molecule has 0 aliphatic rings. The van der Waals surface area contributed by atoms with Gasteiger partial charge in [0.15, 0.2) is 17.7 Å². The van der Waals surface area contributed by atoms with Gasteiger partial charge in [0.25, 0.3) is 5.91 Å². The van der Waals surface area contributed by atoms with Crippen molar-refractivity contribution >= 4 is 17.7 Å². The molecule has 0 bridgehead atoms. The first kappa shape index (κ1) is 26.3. The minimum atomic E-state index is -1.76. The molecule has 188 valence electrons. The zero-order valence-corrected chi connectivity index (χ0v) is 19.4. The lowest BCUT2D eigenvalue weighted by molar-refractivity contribution is -0.152. The molecule has 0 radical (unpaired) electrons. The number of benzene rings is 3. The number of nitrogens with one attached hydrogen (secondary N) is 1. The monoisotopic (exact) mass is 497 g/mol. The van der Waals surface area contributed by atoms with Crippen molar-refractivity contribution in [3.8, 4) is 11.5 Å². The molecule has 1 atom stereocenters. The second-order valence-corrected chi connectivity index (χ2v) is 7.72. The van der Waals surface area contributed by atoms with Crippen LogP contribution in [0.2, 0.25) is 0 Å². The molecule has 0 spiro atoms. The van der Waals surface area contributed by atoms with Gasteiger partial charge in [0.05, 0.1) is 5.56 Å². The van der Waals surface area contributed by atoms with Gasteiger partial charge in [0.2, 0.25) is 0 Å². The van der Waals surface area contributed by atoms with Crippen molar-refractivity contribution in [3.63, 3.8) is 0 Å². The van der Waals surface area contributed by atoms with Crippen molar-refractivity contribution in [2.75, 3.05) is 13.2 Å². The Bertz CT molecular complexity index is 1240. The summed E-state index contributed by atoms with van der Waals surface area (Å²) in [6.07, 6.45) is -1.76. The molecule has 1 unspecified atom stereocenters. The number of halogens is 2. The van der Waals surface area contributed by atoms with Crippen LogP contribution in [-0.2, 0) is 20.9 Å². The number of para-hydroxylation sites is 1. The Labute approximate surface area is 206 Å². The molecule has 0 aliphatic carbocycles. The molecule has 4 N–H and O–H groups in total. The summed E-state index contributed by atoms with van der Waals surface area (Å²) in [6.45, 7) is 0.548. The van der Waals surface area contributed by atoms with Crippen molar-refractivity contribution in [2.45, 2.75) is 19.6 Å². The average molecular weight is 497 g/mol. The number of nitrogens with two attached hydrogens (primary N) is 1. The number of nitrogen functional groups attached to an aromatic ring is 1. The van der Waals surface area contributed by atoms with Crippen LogP contribution in [-0.4, -0.2) is 40.9 Å². The van der Waals surface area contributed by atoms with Gasteiger partial charge in [0, 0.05) is 18.7 Å². The minimum Gasteiger partial charge on any atom is -0.480 e. The molecule has 0 heterocycles. The molecule has 3 rings (SSSR count). The van der Waals surface area contributed by atoms with Gasteiger partial charge in [-0.3, -0.25) is 15.0 Å². The summed E-state index contributed by atoms with van der Waals surface area (Å²) in [5.74, 6) is -4.60. The van der Waals surface area contributed by atoms with E-state index in [9.17, 15) is 19.1 Å². The van der Waals surface area contributed by atoms with Crippen LogP contribution in [0, 0.1) is 17.0 Å². The summed E-state index contributed by atoms with van der Waals surface area (Å²) in [7, 11) is 0. The summed E-state index contributed by atoms with van der Waals surface area (Å²) in [6, 6.07) is 16.6. The maximum atomic E-state index is 15.5. The van der Waals surface area contributed by atoms with E-state index in [-0.39, 0.29) is 24.7 Å². The van der Waals surface area contributed by atoms with Crippen LogP contribution >= 0.6 is 0 Å². The number of nitrogens with zero attached hydrogens (tertiary/aromatic N) is 1. The topological polar surface area (TPSA) is 126 Å². The number of rotatable bonds is 11. The van der Waals surface area contributed by atoms with Gasteiger partial charge in [-0.2, -0.15) is 0 Å². The predicted molar refractivity (Wildman–Crippen MR) is 128 cm³/mol. The lowest BCUT2D eigenvalue weighted by Gasteiger charge is -2.27. The number of ether oxygens (including phenoxy) is 2. The quantitative estimate of drug-likeness (QED) is 0.269. The SMILES string of the molecule is CCOC(C(=O)N(CC(=O)O)Cc1ccc(C(=N)N)cc1)c1c(F)ccc(Oc2ccccc2)c1F. The summed E-state index contributed by atoms with van der Waals surface area (Å²) < 4.78 is 41.3. The smallest absolute Gasteiger partial charge is 0.323 e. The highest BCUT2D eigenvalue weighted by molar-refractivity contribution is 5.94. The van der Waals surface area contributed by atoms with E-state index in [1.54, 1.807) is 61.5 Å². The van der Waals surface area contributed by atoms with Crippen LogP contribution in [0.5, 0.6) is 11.5 Å². The van der Waals surface area contributed by atoms with Crippen LogP contribution in [0.15, 0.2) is 66.7 Å². The first-order valence-corrected chi connectivity index (χ1v) is 11.0. The predicted octanol–water partition coefficient (Wildman–Crippen LogP) is 4.23. The first-order chi connectivity index (χ1) is 17.2. The van der Waals surface area contributed by atoms with Crippen LogP contribution < -0.4 is 10.5 Å². The number of carbonyl (C=O) groups excluding carboxylic acids is 1. The highest BCUT2D eigenvalue weighted by atomic mass is 19.1. The second-order valence-electron chi connectivity index (χ2n) is 7.72. The fraction of sp³-hybridized carbons (Fsp3) is 0.192. The van der Waals surface area contributed by atoms with Crippen molar-refractivity contribution in [2.24, 2.45) is 5.73 Å². The summed E-state index contributed by atoms with van der Waals surface area (Å²) >= 11 is 0. The molecular weight excluding hydrogens is 472 g/mol. The van der Waals surface area contributed by atoms with Gasteiger partial charge in [-0.25, -0.2) is 8.78 Å². The number of hydrogen-bond donors (Lipinski definition) is 3. The maximum Gasteiger partial charge on any atom is 0.323 e. The fourth-order valence-electron chi connectivity index (χ4n) is 3.48. The summed E-state index contributed by atoms with van der Waals surface area (Å²) in [5, 5.41) is 16.9. The van der Waals surface area contributed by atoms with Gasteiger partial charge in [0.1, 0.15) is 23.9 Å². The Morgan fingerprint density at radius 3 is 2.31 bits per heavy atom. The van der Waals surface area contributed by atoms with E-state index in [1.165, 1.54) is 0 Å². The van der Waals surface area contributed by atoms with Gasteiger partial charge < -0.3 is 25.2 Å². The highest BCUT2D eigenvalue weighted by Crippen LogP contribution is 2.34. The number of amides is 1. The highest BCUT2D eigenvalue weighted by Gasteiger charge is 2.34. The Kier molecular flexibility index (Phi) is 8.69. The molecule has 10 heteroatoms. The normalized spacial score (nSPS) is 11.5. The molecule has 0 aliphatic heterocycles. The standard InChI is InChI=1S/C26H25F2N3O5/c1-2-35-24(22-19(27)12-13-20(23(22)28)36-18-6-4-3-5-7-18)26(34)31(15-21(32)33)14-16-8-10-17(11-9-16)25(29)30/h3-13,24H,2,14-15H2,1H3,(H3,29,30)(H,32,33). The molecule has 8 nitrogen and oxygen atoms in total. The molecule has 3 aromatic carbocycles. The van der Waals surface area contributed by atoms with E-state index in [1.807, 2.05) is 0 Å². The zero-order valence-electron chi connectivity index (χ0n) is 19.4. The third kappa shape index (κ3) is 6.42. The zero-order chi connectivity index (χ0) is 26.2. The maximum absolute atomic E-state index is 15.5. The first-order valence-electron chi connectivity index (χ1n) is 11.0. The van der Waals surface area contributed by atoms with Crippen molar-refractivity contribution in [1.29, 1.82) is 5.41 Å². The third-order valence-electron chi connectivity index (χ3n) is 5.16. The summed E-state index contributed by atoms with van der Waals surface area (Å²) in [5.41, 5.74) is 5.73. The van der Waals surface area contributed by atoms with Crippen LogP contribution in [0.25, 0.3) is 0 Å². The van der Waals surface area contributed by atoms with Crippen LogP contribution in [0.1, 0.15) is 29.7 Å². The number of aliphatic carboxylic acids is 1. The minimum absolute atomic E-state index is 0.0761. The fourth-order valence-corrected chi connectivity index (χ4v) is 3.48. The van der Waals surface area contributed by atoms with E-state index in [0.29, 0.717) is 16.9 Å².